The molecule has 1 aliphatic rings. The van der Waals surface area contributed by atoms with Crippen molar-refractivity contribution >= 4 is 0 Å². The summed E-state index contributed by atoms with van der Waals surface area (Å²) in [5.41, 5.74) is 0. The van der Waals surface area contributed by atoms with E-state index >= 15 is 0 Å². The van der Waals surface area contributed by atoms with Crippen molar-refractivity contribution in [1.29, 1.82) is 0 Å². The quantitative estimate of drug-likeness (QED) is 0.486. The molecule has 0 aromatic carbocycles. The summed E-state index contributed by atoms with van der Waals surface area (Å²) < 4.78 is 12.1. The summed E-state index contributed by atoms with van der Waals surface area (Å²) in [5, 5.41) is 2.64. The minimum Gasteiger partial charge on any atom is -0.287 e. The molecule has 1 rings (SSSR count). The smallest absolute Gasteiger partial charge is 0.155 e. The molecule has 0 saturated carbocycles. The van der Waals surface area contributed by atoms with E-state index in [2.05, 4.69) is 5.32 Å². The summed E-state index contributed by atoms with van der Waals surface area (Å²) in [6.07, 6.45) is 0.263. The van der Waals surface area contributed by atoms with Gasteiger partial charge in [-0.25, -0.2) is 4.39 Å². The molecule has 1 nitrogen and oxygen atoms in total. The Kier molecular flexibility index (Phi) is 1.28. The molecule has 0 radical (unpaired) electrons. The lowest BCUT2D eigenvalue weighted by molar-refractivity contribution is 0.0908. The number of rotatable bonds is 1. The molecule has 1 fully saturated rings. The molecule has 1 saturated heterocycles. The Morgan fingerprint density at radius 3 is 2.57 bits per heavy atom. The molecule has 2 atom stereocenters. The molecular weight excluding hydrogens is 93.1 g/mol. The molecule has 0 aliphatic carbocycles. The maximum absolute atomic E-state index is 12.1. The van der Waals surface area contributed by atoms with Gasteiger partial charge in [-0.15, -0.1) is 0 Å². The van der Waals surface area contributed by atoms with Gasteiger partial charge in [-0.1, -0.05) is 6.92 Å². The average molecular weight is 103 g/mol. The maximum atomic E-state index is 12.1. The van der Waals surface area contributed by atoms with Crippen LogP contribution in [0.3, 0.4) is 0 Å². The summed E-state index contributed by atoms with van der Waals surface area (Å²) in [6, 6.07) is 0. The lowest BCUT2D eigenvalue weighted by Gasteiger charge is -2.30. The van der Waals surface area contributed by atoms with Crippen LogP contribution in [0.15, 0.2) is 0 Å². The predicted octanol–water partition coefficient (Wildman–Crippen LogP) is 0.911. The fourth-order valence-electron chi connectivity index (χ4n) is 0.725. The summed E-state index contributed by atoms with van der Waals surface area (Å²) in [7, 11) is 0. The van der Waals surface area contributed by atoms with Crippen LogP contribution in [0.1, 0.15) is 13.3 Å². The maximum Gasteiger partial charge on any atom is 0.155 e. The third kappa shape index (κ3) is 0.752. The molecule has 0 bridgehead atoms. The van der Waals surface area contributed by atoms with Gasteiger partial charge < -0.3 is 0 Å². The second-order valence-electron chi connectivity index (χ2n) is 1.98. The zero-order valence-electron chi connectivity index (χ0n) is 4.45. The van der Waals surface area contributed by atoms with Gasteiger partial charge in [-0.05, 0) is 6.42 Å². The Labute approximate surface area is 42.9 Å². The van der Waals surface area contributed by atoms with Crippen LogP contribution in [0.5, 0.6) is 0 Å². The molecule has 1 aliphatic heterocycles. The van der Waals surface area contributed by atoms with Crippen molar-refractivity contribution in [3.05, 3.63) is 0 Å². The van der Waals surface area contributed by atoms with Crippen molar-refractivity contribution in [3.63, 3.8) is 0 Å². The van der Waals surface area contributed by atoms with Crippen LogP contribution < -0.4 is 5.32 Å². The summed E-state index contributed by atoms with van der Waals surface area (Å²) >= 11 is 0. The highest BCUT2D eigenvalue weighted by molar-refractivity contribution is 4.77. The van der Waals surface area contributed by atoms with Crippen molar-refractivity contribution in [3.8, 4) is 0 Å². The monoisotopic (exact) mass is 103 g/mol. The first kappa shape index (κ1) is 5.04. The van der Waals surface area contributed by atoms with Gasteiger partial charge in [0.25, 0.3) is 0 Å². The topological polar surface area (TPSA) is 12.0 Å². The Bertz CT molecular complexity index is 63.1. The van der Waals surface area contributed by atoms with E-state index in [1.807, 2.05) is 6.92 Å². The fraction of sp³-hybridized carbons (Fsp3) is 1.00. The first-order valence-electron chi connectivity index (χ1n) is 2.72. The van der Waals surface area contributed by atoms with Gasteiger partial charge in [0.2, 0.25) is 0 Å². The van der Waals surface area contributed by atoms with Crippen molar-refractivity contribution in [2.75, 3.05) is 6.54 Å². The van der Waals surface area contributed by atoms with E-state index in [0.29, 0.717) is 5.92 Å². The zero-order chi connectivity index (χ0) is 5.28. The van der Waals surface area contributed by atoms with Crippen molar-refractivity contribution in [1.82, 2.24) is 5.32 Å². The van der Waals surface area contributed by atoms with Gasteiger partial charge in [-0.3, -0.25) is 5.32 Å². The van der Waals surface area contributed by atoms with Gasteiger partial charge in [0, 0.05) is 12.5 Å². The Hall–Kier alpha value is -0.110. The molecule has 1 heterocycles. The number of nitrogens with one attached hydrogen (secondary N) is 1. The lowest BCUT2D eigenvalue weighted by atomic mass is 9.99. The number of hydrogen-bond acceptors (Lipinski definition) is 1. The molecule has 1 N–H and O–H groups in total. The fourth-order valence-corrected chi connectivity index (χ4v) is 0.725. The van der Waals surface area contributed by atoms with Gasteiger partial charge in [-0.2, -0.15) is 0 Å². The Balaban J connectivity index is 2.16. The largest absolute Gasteiger partial charge is 0.287 e. The molecule has 0 aromatic heterocycles. The summed E-state index contributed by atoms with van der Waals surface area (Å²) in [4.78, 5) is 0. The van der Waals surface area contributed by atoms with E-state index in [0.717, 1.165) is 13.0 Å². The van der Waals surface area contributed by atoms with Gasteiger partial charge >= 0.3 is 0 Å². The summed E-state index contributed by atoms with van der Waals surface area (Å²) in [5.74, 6) is 0.306. The number of hydrogen-bond donors (Lipinski definition) is 1. The molecule has 0 aromatic rings. The van der Waals surface area contributed by atoms with Crippen LogP contribution in [0, 0.1) is 5.92 Å². The third-order valence-corrected chi connectivity index (χ3v) is 1.51. The molecule has 7 heavy (non-hydrogen) atoms. The van der Waals surface area contributed by atoms with Crippen molar-refractivity contribution in [2.24, 2.45) is 5.92 Å². The van der Waals surface area contributed by atoms with Crippen LogP contribution in [0.4, 0.5) is 4.39 Å². The Morgan fingerprint density at radius 1 is 1.86 bits per heavy atom. The lowest BCUT2D eigenvalue weighted by Crippen LogP contribution is -2.49. The molecule has 0 spiro atoms. The van der Waals surface area contributed by atoms with Gasteiger partial charge in [0.05, 0.1) is 0 Å². The normalized spacial score (nSPS) is 40.3. The average Bonchev–Trinajstić information content (AvgIpc) is 1.65. The highest BCUT2D eigenvalue weighted by atomic mass is 19.1. The molecule has 42 valence electrons. The number of halogens is 1. The predicted molar refractivity (Wildman–Crippen MR) is 26.7 cm³/mol. The molecular formula is C5H10FN. The first-order valence-corrected chi connectivity index (χ1v) is 2.72. The summed E-state index contributed by atoms with van der Waals surface area (Å²) in [6.45, 7) is 2.88. The van der Waals surface area contributed by atoms with Gasteiger partial charge in [0.15, 0.2) is 6.30 Å². The van der Waals surface area contributed by atoms with Gasteiger partial charge in [0.1, 0.15) is 0 Å². The molecule has 0 amide bonds. The van der Waals surface area contributed by atoms with E-state index in [1.165, 1.54) is 0 Å². The molecule has 2 heteroatoms. The van der Waals surface area contributed by atoms with Crippen molar-refractivity contribution in [2.45, 2.75) is 19.6 Å². The number of alkyl halides is 1. The van der Waals surface area contributed by atoms with Crippen molar-refractivity contribution < 1.29 is 4.39 Å². The van der Waals surface area contributed by atoms with E-state index in [9.17, 15) is 4.39 Å². The molecule has 0 unspecified atom stereocenters. The van der Waals surface area contributed by atoms with Crippen LogP contribution in [0.2, 0.25) is 0 Å². The van der Waals surface area contributed by atoms with Crippen LogP contribution in [0.25, 0.3) is 0 Å². The van der Waals surface area contributed by atoms with E-state index in [1.54, 1.807) is 0 Å². The minimum absolute atomic E-state index is 0.306. The second kappa shape index (κ2) is 1.78. The second-order valence-corrected chi connectivity index (χ2v) is 1.98. The third-order valence-electron chi connectivity index (χ3n) is 1.51. The van der Waals surface area contributed by atoms with E-state index < -0.39 is 6.30 Å². The zero-order valence-corrected chi connectivity index (χ0v) is 4.45. The minimum atomic E-state index is -0.704. The SMILES string of the molecule is CC[C@H]1CN[C@@H]1F. The van der Waals surface area contributed by atoms with Crippen LogP contribution >= 0.6 is 0 Å². The van der Waals surface area contributed by atoms with E-state index in [-0.39, 0.29) is 0 Å². The van der Waals surface area contributed by atoms with E-state index in [4.69, 9.17) is 0 Å². The highest BCUT2D eigenvalue weighted by Crippen LogP contribution is 2.16. The van der Waals surface area contributed by atoms with Crippen LogP contribution in [-0.4, -0.2) is 12.8 Å². The standard InChI is InChI=1S/C5H10FN/c1-2-4-3-7-5(4)6/h4-5,7H,2-3H2,1H3/t4-,5-/m0/s1. The Morgan fingerprint density at radius 2 is 2.57 bits per heavy atom. The first-order chi connectivity index (χ1) is 3.34. The van der Waals surface area contributed by atoms with Crippen LogP contribution in [-0.2, 0) is 0 Å². The highest BCUT2D eigenvalue weighted by Gasteiger charge is 2.27.